The average molecular weight is 283 g/mol. The van der Waals surface area contributed by atoms with E-state index >= 15 is 0 Å². The first-order chi connectivity index (χ1) is 10.1. The van der Waals surface area contributed by atoms with Crippen molar-refractivity contribution in [3.05, 3.63) is 59.2 Å². The van der Waals surface area contributed by atoms with Crippen molar-refractivity contribution < 1.29 is 4.79 Å². The van der Waals surface area contributed by atoms with E-state index in [9.17, 15) is 4.79 Å². The van der Waals surface area contributed by atoms with Crippen LogP contribution in [-0.2, 0) is 13.0 Å². The van der Waals surface area contributed by atoms with Crippen molar-refractivity contribution in [2.75, 3.05) is 18.1 Å². The molecule has 21 heavy (non-hydrogen) atoms. The van der Waals surface area contributed by atoms with Crippen molar-refractivity contribution >= 4 is 17.3 Å². The average Bonchev–Trinajstić information content (AvgIpc) is 2.52. The number of nitrogens with two attached hydrogens (primary N) is 1. The molecule has 1 amide bonds. The Bertz CT molecular complexity index is 620. The Labute approximate surface area is 125 Å². The minimum Gasteiger partial charge on any atom is -0.399 e. The van der Waals surface area contributed by atoms with Gasteiger partial charge >= 0.3 is 0 Å². The molecule has 4 heteroatoms. The molecule has 2 aromatic rings. The summed E-state index contributed by atoms with van der Waals surface area (Å²) in [5.74, 6) is -0.126. The maximum atomic E-state index is 11.8. The first-order valence-corrected chi connectivity index (χ1v) is 7.07. The summed E-state index contributed by atoms with van der Waals surface area (Å²) in [5, 5.41) is 5.92. The SMILES string of the molecule is CCc1ccc(CNc2cc(N)ccc2C(=O)NC)cc1. The molecule has 0 aromatic heterocycles. The second kappa shape index (κ2) is 6.79. The highest BCUT2D eigenvalue weighted by molar-refractivity contribution is 6.00. The topological polar surface area (TPSA) is 67.1 Å². The summed E-state index contributed by atoms with van der Waals surface area (Å²) in [5.41, 5.74) is 10.3. The Morgan fingerprint density at radius 1 is 1.10 bits per heavy atom. The van der Waals surface area contributed by atoms with Gasteiger partial charge in [-0.15, -0.1) is 0 Å². The zero-order valence-electron chi connectivity index (χ0n) is 12.4. The molecule has 0 saturated carbocycles. The van der Waals surface area contributed by atoms with Crippen LogP contribution in [0.3, 0.4) is 0 Å². The van der Waals surface area contributed by atoms with E-state index in [1.807, 2.05) is 0 Å². The smallest absolute Gasteiger partial charge is 0.253 e. The fourth-order valence-electron chi connectivity index (χ4n) is 2.13. The van der Waals surface area contributed by atoms with E-state index in [0.29, 0.717) is 17.8 Å². The van der Waals surface area contributed by atoms with Crippen LogP contribution in [-0.4, -0.2) is 13.0 Å². The van der Waals surface area contributed by atoms with Crippen molar-refractivity contribution in [3.8, 4) is 0 Å². The molecule has 0 saturated heterocycles. The van der Waals surface area contributed by atoms with Gasteiger partial charge in [-0.1, -0.05) is 31.2 Å². The third-order valence-electron chi connectivity index (χ3n) is 3.43. The third kappa shape index (κ3) is 3.75. The van der Waals surface area contributed by atoms with Crippen LogP contribution in [0.5, 0.6) is 0 Å². The molecule has 2 aromatic carbocycles. The molecule has 4 nitrogen and oxygen atoms in total. The highest BCUT2D eigenvalue weighted by Gasteiger charge is 2.10. The van der Waals surface area contributed by atoms with E-state index in [-0.39, 0.29) is 5.91 Å². The number of nitrogen functional groups attached to an aromatic ring is 1. The Morgan fingerprint density at radius 3 is 2.38 bits per heavy atom. The minimum atomic E-state index is -0.126. The van der Waals surface area contributed by atoms with Crippen molar-refractivity contribution in [2.24, 2.45) is 0 Å². The number of aryl methyl sites for hydroxylation is 1. The summed E-state index contributed by atoms with van der Waals surface area (Å²) in [6.45, 7) is 2.78. The summed E-state index contributed by atoms with van der Waals surface area (Å²) in [4.78, 5) is 11.8. The molecule has 0 unspecified atom stereocenters. The van der Waals surface area contributed by atoms with Crippen LogP contribution in [0.1, 0.15) is 28.4 Å². The maximum Gasteiger partial charge on any atom is 0.253 e. The Balaban J connectivity index is 2.14. The van der Waals surface area contributed by atoms with Gasteiger partial charge in [-0.25, -0.2) is 0 Å². The fourth-order valence-corrected chi connectivity index (χ4v) is 2.13. The fraction of sp³-hybridized carbons (Fsp3) is 0.235. The van der Waals surface area contributed by atoms with E-state index in [2.05, 4.69) is 41.8 Å². The van der Waals surface area contributed by atoms with E-state index in [0.717, 1.165) is 17.7 Å². The van der Waals surface area contributed by atoms with Gasteiger partial charge in [0.25, 0.3) is 5.91 Å². The number of hydrogen-bond acceptors (Lipinski definition) is 3. The second-order valence-electron chi connectivity index (χ2n) is 4.91. The normalized spacial score (nSPS) is 10.2. The van der Waals surface area contributed by atoms with Crippen molar-refractivity contribution in [1.82, 2.24) is 5.32 Å². The van der Waals surface area contributed by atoms with Crippen molar-refractivity contribution in [1.29, 1.82) is 0 Å². The molecule has 0 spiro atoms. The van der Waals surface area contributed by atoms with Gasteiger partial charge in [0.1, 0.15) is 0 Å². The number of benzene rings is 2. The van der Waals surface area contributed by atoms with Crippen LogP contribution in [0.2, 0.25) is 0 Å². The highest BCUT2D eigenvalue weighted by Crippen LogP contribution is 2.20. The van der Waals surface area contributed by atoms with Crippen LogP contribution in [0.15, 0.2) is 42.5 Å². The quantitative estimate of drug-likeness (QED) is 0.739. The highest BCUT2D eigenvalue weighted by atomic mass is 16.1. The third-order valence-corrected chi connectivity index (χ3v) is 3.43. The monoisotopic (exact) mass is 283 g/mol. The molecule has 0 heterocycles. The van der Waals surface area contributed by atoms with Gasteiger partial charge in [-0.05, 0) is 35.7 Å². The molecule has 4 N–H and O–H groups in total. The Hall–Kier alpha value is -2.49. The van der Waals surface area contributed by atoms with Crippen molar-refractivity contribution in [2.45, 2.75) is 19.9 Å². The number of nitrogens with one attached hydrogen (secondary N) is 2. The number of rotatable bonds is 5. The van der Waals surface area contributed by atoms with Crippen LogP contribution in [0, 0.1) is 0 Å². The number of hydrogen-bond donors (Lipinski definition) is 3. The Morgan fingerprint density at radius 2 is 1.76 bits per heavy atom. The molecule has 0 aliphatic rings. The molecule has 0 aliphatic heterocycles. The van der Waals surface area contributed by atoms with Gasteiger partial charge < -0.3 is 16.4 Å². The standard InChI is InChI=1S/C17H21N3O/c1-3-12-4-6-13(7-5-12)11-20-16-10-14(18)8-9-15(16)17(21)19-2/h4-10,20H,3,11,18H2,1-2H3,(H,19,21). The van der Waals surface area contributed by atoms with Crippen LogP contribution in [0.25, 0.3) is 0 Å². The number of amides is 1. The number of anilines is 2. The molecule has 0 aliphatic carbocycles. The summed E-state index contributed by atoms with van der Waals surface area (Å²) in [7, 11) is 1.62. The van der Waals surface area contributed by atoms with Crippen molar-refractivity contribution in [3.63, 3.8) is 0 Å². The van der Waals surface area contributed by atoms with Gasteiger partial charge in [0.2, 0.25) is 0 Å². The van der Waals surface area contributed by atoms with Crippen LogP contribution < -0.4 is 16.4 Å². The summed E-state index contributed by atoms with van der Waals surface area (Å²) >= 11 is 0. The molecule has 2 rings (SSSR count). The Kier molecular flexibility index (Phi) is 4.82. The molecule has 110 valence electrons. The number of carbonyl (C=O) groups is 1. The summed E-state index contributed by atoms with van der Waals surface area (Å²) in [6, 6.07) is 13.7. The van der Waals surface area contributed by atoms with Gasteiger partial charge in [0.15, 0.2) is 0 Å². The maximum absolute atomic E-state index is 11.8. The van der Waals surface area contributed by atoms with Gasteiger partial charge in [-0.3, -0.25) is 4.79 Å². The van der Waals surface area contributed by atoms with E-state index in [1.54, 1.807) is 25.2 Å². The van der Waals surface area contributed by atoms with Gasteiger partial charge in [0, 0.05) is 25.0 Å². The van der Waals surface area contributed by atoms with Gasteiger partial charge in [-0.2, -0.15) is 0 Å². The van der Waals surface area contributed by atoms with E-state index in [1.165, 1.54) is 5.56 Å². The minimum absolute atomic E-state index is 0.126. The lowest BCUT2D eigenvalue weighted by atomic mass is 10.1. The molecular weight excluding hydrogens is 262 g/mol. The van der Waals surface area contributed by atoms with Crippen LogP contribution >= 0.6 is 0 Å². The lowest BCUT2D eigenvalue weighted by molar-refractivity contribution is 0.0964. The number of carbonyl (C=O) groups excluding carboxylic acids is 1. The zero-order valence-corrected chi connectivity index (χ0v) is 12.4. The predicted molar refractivity (Wildman–Crippen MR) is 87.4 cm³/mol. The predicted octanol–water partition coefficient (Wildman–Crippen LogP) is 2.80. The summed E-state index contributed by atoms with van der Waals surface area (Å²) in [6.07, 6.45) is 1.03. The molecule has 0 radical (unpaired) electrons. The molecule has 0 atom stereocenters. The second-order valence-corrected chi connectivity index (χ2v) is 4.91. The first-order valence-electron chi connectivity index (χ1n) is 7.07. The summed E-state index contributed by atoms with van der Waals surface area (Å²) < 4.78 is 0. The molecular formula is C17H21N3O. The van der Waals surface area contributed by atoms with E-state index in [4.69, 9.17) is 5.73 Å². The van der Waals surface area contributed by atoms with E-state index < -0.39 is 0 Å². The largest absolute Gasteiger partial charge is 0.399 e. The molecule has 0 fully saturated rings. The van der Waals surface area contributed by atoms with Gasteiger partial charge in [0.05, 0.1) is 5.56 Å². The lowest BCUT2D eigenvalue weighted by Gasteiger charge is -2.12. The lowest BCUT2D eigenvalue weighted by Crippen LogP contribution is -2.19. The van der Waals surface area contributed by atoms with Crippen LogP contribution in [0.4, 0.5) is 11.4 Å². The zero-order chi connectivity index (χ0) is 15.2. The first kappa shape index (κ1) is 14.9. The molecule has 0 bridgehead atoms.